The van der Waals surface area contributed by atoms with Crippen LogP contribution in [0.4, 0.5) is 5.69 Å². The Bertz CT molecular complexity index is 1030. The van der Waals surface area contributed by atoms with Gasteiger partial charge in [-0.25, -0.2) is 8.42 Å². The highest BCUT2D eigenvalue weighted by atomic mass is 32.2. The Kier molecular flexibility index (Phi) is 5.90. The van der Waals surface area contributed by atoms with Crippen molar-refractivity contribution in [3.05, 3.63) is 83.9 Å². The molecule has 0 N–H and O–H groups in total. The van der Waals surface area contributed by atoms with E-state index in [0.29, 0.717) is 22.7 Å². The van der Waals surface area contributed by atoms with Crippen molar-refractivity contribution >= 4 is 15.7 Å². The predicted molar refractivity (Wildman–Crippen MR) is 111 cm³/mol. The minimum Gasteiger partial charge on any atom is -0.497 e. The van der Waals surface area contributed by atoms with E-state index in [4.69, 9.17) is 9.47 Å². The molecule has 0 radical (unpaired) electrons. The van der Waals surface area contributed by atoms with Crippen LogP contribution in [0.25, 0.3) is 0 Å². The van der Waals surface area contributed by atoms with Crippen LogP contribution < -0.4 is 13.8 Å². The number of para-hydroxylation sites is 1. The molecule has 0 aliphatic heterocycles. The van der Waals surface area contributed by atoms with E-state index in [1.54, 1.807) is 57.5 Å². The summed E-state index contributed by atoms with van der Waals surface area (Å²) < 4.78 is 39.1. The van der Waals surface area contributed by atoms with Gasteiger partial charge in [0.2, 0.25) is 0 Å². The number of hydrogen-bond donors (Lipinski definition) is 0. The fourth-order valence-electron chi connectivity index (χ4n) is 3.00. The minimum absolute atomic E-state index is 0.147. The van der Waals surface area contributed by atoms with Crippen molar-refractivity contribution in [2.24, 2.45) is 0 Å². The van der Waals surface area contributed by atoms with E-state index in [1.807, 2.05) is 36.4 Å². The van der Waals surface area contributed by atoms with Gasteiger partial charge in [-0.05, 0) is 48.4 Å². The van der Waals surface area contributed by atoms with Gasteiger partial charge in [-0.15, -0.1) is 0 Å². The van der Waals surface area contributed by atoms with Gasteiger partial charge in [0, 0.05) is 6.07 Å². The number of ether oxygens (including phenoxy) is 2. The predicted octanol–water partition coefficient (Wildman–Crippen LogP) is 4.41. The third-order valence-corrected chi connectivity index (χ3v) is 6.38. The quantitative estimate of drug-likeness (QED) is 0.593. The summed E-state index contributed by atoms with van der Waals surface area (Å²) in [5.41, 5.74) is 2.05. The second-order valence-electron chi connectivity index (χ2n) is 6.33. The van der Waals surface area contributed by atoms with Crippen LogP contribution in [0, 0.1) is 6.92 Å². The van der Waals surface area contributed by atoms with Gasteiger partial charge in [0.15, 0.2) is 0 Å². The second-order valence-corrected chi connectivity index (χ2v) is 8.16. The maximum atomic E-state index is 13.5. The number of sulfonamides is 1. The van der Waals surface area contributed by atoms with Gasteiger partial charge in [-0.2, -0.15) is 0 Å². The highest BCUT2D eigenvalue weighted by Gasteiger charge is 2.26. The van der Waals surface area contributed by atoms with E-state index in [-0.39, 0.29) is 11.4 Å². The SMILES string of the molecule is COc1cc(CN(c2ccccc2)S(=O)(=O)c2ccccc2C)cc(OC)c1. The molecule has 6 heteroatoms. The largest absolute Gasteiger partial charge is 0.497 e. The van der Waals surface area contributed by atoms with Crippen LogP contribution in [0.2, 0.25) is 0 Å². The molecule has 0 atom stereocenters. The van der Waals surface area contributed by atoms with Crippen molar-refractivity contribution in [1.29, 1.82) is 0 Å². The highest BCUT2D eigenvalue weighted by molar-refractivity contribution is 7.92. The third-order valence-electron chi connectivity index (χ3n) is 4.44. The van der Waals surface area contributed by atoms with E-state index < -0.39 is 10.0 Å². The Morgan fingerprint density at radius 2 is 1.39 bits per heavy atom. The van der Waals surface area contributed by atoms with Crippen molar-refractivity contribution in [1.82, 2.24) is 0 Å². The molecule has 0 bridgehead atoms. The number of anilines is 1. The van der Waals surface area contributed by atoms with E-state index in [9.17, 15) is 8.42 Å². The lowest BCUT2D eigenvalue weighted by Crippen LogP contribution is -2.31. The number of nitrogens with zero attached hydrogens (tertiary/aromatic N) is 1. The lowest BCUT2D eigenvalue weighted by atomic mass is 10.2. The Morgan fingerprint density at radius 3 is 1.96 bits per heavy atom. The van der Waals surface area contributed by atoms with Crippen LogP contribution in [0.3, 0.4) is 0 Å². The van der Waals surface area contributed by atoms with Crippen molar-refractivity contribution in [3.8, 4) is 11.5 Å². The van der Waals surface area contributed by atoms with E-state index in [1.165, 1.54) is 4.31 Å². The Labute approximate surface area is 166 Å². The lowest BCUT2D eigenvalue weighted by Gasteiger charge is -2.26. The highest BCUT2D eigenvalue weighted by Crippen LogP contribution is 2.30. The molecule has 5 nitrogen and oxygen atoms in total. The zero-order valence-corrected chi connectivity index (χ0v) is 16.9. The molecular weight excluding hydrogens is 374 g/mol. The summed E-state index contributed by atoms with van der Waals surface area (Å²) in [6, 6.07) is 21.4. The second kappa shape index (κ2) is 8.35. The van der Waals surface area contributed by atoms with Crippen molar-refractivity contribution in [3.63, 3.8) is 0 Å². The summed E-state index contributed by atoms with van der Waals surface area (Å²) in [4.78, 5) is 0.286. The first-order valence-corrected chi connectivity index (χ1v) is 10.2. The Morgan fingerprint density at radius 1 is 0.821 bits per heavy atom. The maximum absolute atomic E-state index is 13.5. The van der Waals surface area contributed by atoms with E-state index in [0.717, 1.165) is 5.56 Å². The molecule has 0 unspecified atom stereocenters. The van der Waals surface area contributed by atoms with Gasteiger partial charge in [0.05, 0.1) is 31.3 Å². The molecule has 3 aromatic rings. The number of hydrogen-bond acceptors (Lipinski definition) is 4. The Balaban J connectivity index is 2.11. The molecule has 0 aliphatic carbocycles. The first kappa shape index (κ1) is 19.8. The van der Waals surface area contributed by atoms with Crippen molar-refractivity contribution in [2.75, 3.05) is 18.5 Å². The van der Waals surface area contributed by atoms with Crippen LogP contribution in [-0.4, -0.2) is 22.6 Å². The molecular formula is C22H23NO4S. The van der Waals surface area contributed by atoms with Crippen molar-refractivity contribution < 1.29 is 17.9 Å². The number of methoxy groups -OCH3 is 2. The molecule has 0 aliphatic rings. The molecule has 0 heterocycles. The first-order chi connectivity index (χ1) is 13.5. The smallest absolute Gasteiger partial charge is 0.264 e. The molecule has 0 spiro atoms. The monoisotopic (exact) mass is 397 g/mol. The Hall–Kier alpha value is -2.99. The summed E-state index contributed by atoms with van der Waals surface area (Å²) in [6.07, 6.45) is 0. The average molecular weight is 397 g/mol. The summed E-state index contributed by atoms with van der Waals surface area (Å²) >= 11 is 0. The van der Waals surface area contributed by atoms with E-state index in [2.05, 4.69) is 0 Å². The molecule has 28 heavy (non-hydrogen) atoms. The minimum atomic E-state index is -3.77. The van der Waals surface area contributed by atoms with Gasteiger partial charge in [-0.1, -0.05) is 36.4 Å². The maximum Gasteiger partial charge on any atom is 0.264 e. The zero-order valence-electron chi connectivity index (χ0n) is 16.1. The van der Waals surface area contributed by atoms with Crippen LogP contribution in [-0.2, 0) is 16.6 Å². The number of aryl methyl sites for hydroxylation is 1. The van der Waals surface area contributed by atoms with Gasteiger partial charge >= 0.3 is 0 Å². The first-order valence-electron chi connectivity index (χ1n) is 8.81. The molecule has 0 aromatic heterocycles. The van der Waals surface area contributed by atoms with Crippen LogP contribution in [0.15, 0.2) is 77.7 Å². The van der Waals surface area contributed by atoms with Crippen molar-refractivity contribution in [2.45, 2.75) is 18.4 Å². The molecule has 146 valence electrons. The third kappa shape index (κ3) is 4.12. The van der Waals surface area contributed by atoms with Gasteiger partial charge in [0.1, 0.15) is 11.5 Å². The lowest BCUT2D eigenvalue weighted by molar-refractivity contribution is 0.393. The molecule has 3 aromatic carbocycles. The summed E-state index contributed by atoms with van der Waals surface area (Å²) in [6.45, 7) is 1.94. The van der Waals surface area contributed by atoms with Crippen LogP contribution in [0.1, 0.15) is 11.1 Å². The summed E-state index contributed by atoms with van der Waals surface area (Å²) in [5, 5.41) is 0. The molecule has 0 amide bonds. The summed E-state index contributed by atoms with van der Waals surface area (Å²) in [5.74, 6) is 1.21. The molecule has 3 rings (SSSR count). The topological polar surface area (TPSA) is 55.8 Å². The molecule has 0 saturated heterocycles. The van der Waals surface area contributed by atoms with Crippen LogP contribution >= 0.6 is 0 Å². The fourth-order valence-corrected chi connectivity index (χ4v) is 4.68. The van der Waals surface area contributed by atoms with Gasteiger partial charge in [-0.3, -0.25) is 4.31 Å². The molecule has 0 saturated carbocycles. The van der Waals surface area contributed by atoms with Crippen LogP contribution in [0.5, 0.6) is 11.5 Å². The standard InChI is InChI=1S/C22H23NO4S/c1-17-9-7-8-12-22(17)28(24,25)23(19-10-5-4-6-11-19)16-18-13-20(26-2)15-21(14-18)27-3/h4-15H,16H2,1-3H3. The fraction of sp³-hybridized carbons (Fsp3) is 0.182. The van der Waals surface area contributed by atoms with E-state index >= 15 is 0 Å². The average Bonchev–Trinajstić information content (AvgIpc) is 2.72. The summed E-state index contributed by atoms with van der Waals surface area (Å²) in [7, 11) is -0.636. The number of benzene rings is 3. The normalized spacial score (nSPS) is 11.1. The zero-order chi connectivity index (χ0) is 20.1. The number of rotatable bonds is 7. The molecule has 0 fully saturated rings. The van der Waals surface area contributed by atoms with Gasteiger partial charge in [0.25, 0.3) is 10.0 Å². The van der Waals surface area contributed by atoms with Gasteiger partial charge < -0.3 is 9.47 Å².